The van der Waals surface area contributed by atoms with Gasteiger partial charge in [-0.3, -0.25) is 4.79 Å². The van der Waals surface area contributed by atoms with Gasteiger partial charge in [0.2, 0.25) is 0 Å². The molecule has 1 aromatic heterocycles. The Hall–Kier alpha value is -1.62. The van der Waals surface area contributed by atoms with Crippen LogP contribution in [-0.2, 0) is 14.3 Å². The van der Waals surface area contributed by atoms with E-state index in [1.807, 2.05) is 25.2 Å². The maximum atomic E-state index is 9.40. The Labute approximate surface area is 89.4 Å². The Kier molecular flexibility index (Phi) is 9.33. The van der Waals surface area contributed by atoms with E-state index in [0.29, 0.717) is 19.7 Å². The molecular formula is C10H16N2O3. The highest BCUT2D eigenvalue weighted by Crippen LogP contribution is 1.95. The first-order chi connectivity index (χ1) is 7.35. The predicted molar refractivity (Wildman–Crippen MR) is 57.7 cm³/mol. The van der Waals surface area contributed by atoms with E-state index in [1.54, 1.807) is 13.3 Å². The zero-order valence-corrected chi connectivity index (χ0v) is 8.97. The van der Waals surface area contributed by atoms with Crippen molar-refractivity contribution in [1.82, 2.24) is 4.98 Å². The average Bonchev–Trinajstić information content (AvgIpc) is 2.32. The molecule has 1 N–H and O–H groups in total. The number of ether oxygens (including phenoxy) is 2. The summed E-state index contributed by atoms with van der Waals surface area (Å²) in [5.74, 6) is 0.910. The van der Waals surface area contributed by atoms with Gasteiger partial charge in [-0.15, -0.1) is 0 Å². The fourth-order valence-corrected chi connectivity index (χ4v) is 0.690. The third-order valence-electron chi connectivity index (χ3n) is 1.39. The summed E-state index contributed by atoms with van der Waals surface area (Å²) < 4.78 is 8.83. The number of anilines is 1. The van der Waals surface area contributed by atoms with Gasteiger partial charge in [-0.25, -0.2) is 4.98 Å². The average molecular weight is 212 g/mol. The van der Waals surface area contributed by atoms with Gasteiger partial charge in [-0.2, -0.15) is 0 Å². The zero-order valence-electron chi connectivity index (χ0n) is 8.97. The van der Waals surface area contributed by atoms with E-state index in [2.05, 4.69) is 19.8 Å². The fourth-order valence-electron chi connectivity index (χ4n) is 0.690. The number of aromatic nitrogens is 1. The molecule has 0 amide bonds. The minimum atomic E-state index is 0.347. The van der Waals surface area contributed by atoms with Crippen LogP contribution in [0.5, 0.6) is 0 Å². The molecule has 0 aliphatic heterocycles. The van der Waals surface area contributed by atoms with Crippen LogP contribution in [0.4, 0.5) is 5.82 Å². The van der Waals surface area contributed by atoms with Crippen LogP contribution in [0, 0.1) is 0 Å². The molecular weight excluding hydrogens is 196 g/mol. The number of nitrogens with one attached hydrogen (secondary N) is 1. The summed E-state index contributed by atoms with van der Waals surface area (Å²) in [6.45, 7) is 1.22. The number of nitrogens with zero attached hydrogens (tertiary/aromatic N) is 1. The lowest BCUT2D eigenvalue weighted by Crippen LogP contribution is -1.98. The lowest BCUT2D eigenvalue weighted by Gasteiger charge is -1.92. The third kappa shape index (κ3) is 8.70. The Bertz CT molecular complexity index is 242. The van der Waals surface area contributed by atoms with Gasteiger partial charge in [0, 0.05) is 20.4 Å². The maximum absolute atomic E-state index is 9.40. The van der Waals surface area contributed by atoms with Crippen molar-refractivity contribution >= 4 is 12.3 Å². The van der Waals surface area contributed by atoms with Crippen molar-refractivity contribution in [3.63, 3.8) is 0 Å². The molecule has 0 aromatic carbocycles. The number of carbonyl (C=O) groups excluding carboxylic acids is 1. The molecule has 0 unspecified atom stereocenters. The predicted octanol–water partition coefficient (Wildman–Crippen LogP) is 0.929. The van der Waals surface area contributed by atoms with E-state index < -0.39 is 0 Å². The quantitative estimate of drug-likeness (QED) is 0.581. The topological polar surface area (TPSA) is 60.5 Å². The lowest BCUT2D eigenvalue weighted by atomic mass is 10.5. The number of carbonyl (C=O) groups is 1. The van der Waals surface area contributed by atoms with E-state index in [-0.39, 0.29) is 0 Å². The molecule has 1 aromatic rings. The van der Waals surface area contributed by atoms with Gasteiger partial charge in [0.1, 0.15) is 12.4 Å². The maximum Gasteiger partial charge on any atom is 0.293 e. The number of pyridine rings is 1. The van der Waals surface area contributed by atoms with Crippen LogP contribution in [0.2, 0.25) is 0 Å². The van der Waals surface area contributed by atoms with Crippen molar-refractivity contribution in [2.45, 2.75) is 0 Å². The number of hydrogen-bond donors (Lipinski definition) is 1. The van der Waals surface area contributed by atoms with Crippen LogP contribution < -0.4 is 5.32 Å². The molecule has 0 fully saturated rings. The highest BCUT2D eigenvalue weighted by Gasteiger charge is 1.79. The summed E-state index contributed by atoms with van der Waals surface area (Å²) in [6.07, 6.45) is 1.76. The summed E-state index contributed by atoms with van der Waals surface area (Å²) in [6, 6.07) is 5.75. The Morgan fingerprint density at radius 2 is 2.27 bits per heavy atom. The highest BCUT2D eigenvalue weighted by atomic mass is 16.5. The van der Waals surface area contributed by atoms with Gasteiger partial charge < -0.3 is 14.8 Å². The molecule has 0 radical (unpaired) electrons. The molecule has 1 heterocycles. The molecule has 0 aliphatic carbocycles. The molecule has 0 aliphatic rings. The molecule has 0 saturated carbocycles. The Balaban J connectivity index is 0.000000265. The molecule has 0 saturated heterocycles. The van der Waals surface area contributed by atoms with Gasteiger partial charge in [-0.1, -0.05) is 6.07 Å². The monoisotopic (exact) mass is 212 g/mol. The number of methoxy groups -OCH3 is 1. The fraction of sp³-hybridized carbons (Fsp3) is 0.400. The van der Waals surface area contributed by atoms with E-state index in [0.717, 1.165) is 5.82 Å². The standard InChI is InChI=1S/C6H8N2.C4H8O3/c1-7-6-4-2-3-5-8-6;1-6-2-3-7-4-5/h2-5H,1H3,(H,7,8);4H,2-3H2,1H3. The van der Waals surface area contributed by atoms with Crippen LogP contribution in [-0.4, -0.2) is 38.8 Å². The van der Waals surface area contributed by atoms with Crippen LogP contribution in [0.3, 0.4) is 0 Å². The molecule has 0 spiro atoms. The molecule has 84 valence electrons. The second-order valence-electron chi connectivity index (χ2n) is 2.42. The van der Waals surface area contributed by atoms with Crippen molar-refractivity contribution < 1.29 is 14.3 Å². The summed E-state index contributed by atoms with van der Waals surface area (Å²) in [7, 11) is 3.40. The van der Waals surface area contributed by atoms with E-state index >= 15 is 0 Å². The second kappa shape index (κ2) is 10.5. The SMILES string of the molecule is CNc1ccccn1.COCCOC=O. The van der Waals surface area contributed by atoms with Crippen molar-refractivity contribution in [3.05, 3.63) is 24.4 Å². The van der Waals surface area contributed by atoms with Crippen LogP contribution in [0.15, 0.2) is 24.4 Å². The Morgan fingerprint density at radius 1 is 1.47 bits per heavy atom. The summed E-state index contributed by atoms with van der Waals surface area (Å²) in [5.41, 5.74) is 0. The smallest absolute Gasteiger partial charge is 0.293 e. The van der Waals surface area contributed by atoms with E-state index in [4.69, 9.17) is 0 Å². The van der Waals surface area contributed by atoms with Gasteiger partial charge in [0.05, 0.1) is 6.61 Å². The number of rotatable bonds is 5. The van der Waals surface area contributed by atoms with Crippen molar-refractivity contribution in [1.29, 1.82) is 0 Å². The van der Waals surface area contributed by atoms with Crippen molar-refractivity contribution in [2.75, 3.05) is 32.7 Å². The summed E-state index contributed by atoms with van der Waals surface area (Å²) >= 11 is 0. The largest absolute Gasteiger partial charge is 0.465 e. The normalized spacial score (nSPS) is 8.40. The summed E-state index contributed by atoms with van der Waals surface area (Å²) in [4.78, 5) is 13.4. The third-order valence-corrected chi connectivity index (χ3v) is 1.39. The van der Waals surface area contributed by atoms with E-state index in [1.165, 1.54) is 0 Å². The lowest BCUT2D eigenvalue weighted by molar-refractivity contribution is -0.129. The zero-order chi connectivity index (χ0) is 11.4. The van der Waals surface area contributed by atoms with Crippen LogP contribution in [0.25, 0.3) is 0 Å². The van der Waals surface area contributed by atoms with Gasteiger partial charge >= 0.3 is 0 Å². The molecule has 15 heavy (non-hydrogen) atoms. The molecule has 0 atom stereocenters. The molecule has 1 rings (SSSR count). The van der Waals surface area contributed by atoms with Gasteiger partial charge in [0.15, 0.2) is 0 Å². The molecule has 5 heteroatoms. The highest BCUT2D eigenvalue weighted by molar-refractivity contribution is 5.36. The van der Waals surface area contributed by atoms with Gasteiger partial charge in [0.25, 0.3) is 6.47 Å². The van der Waals surface area contributed by atoms with E-state index in [9.17, 15) is 4.79 Å². The molecule has 0 bridgehead atoms. The van der Waals surface area contributed by atoms with Gasteiger partial charge in [-0.05, 0) is 12.1 Å². The van der Waals surface area contributed by atoms with Crippen LogP contribution in [0.1, 0.15) is 0 Å². The van der Waals surface area contributed by atoms with Crippen molar-refractivity contribution in [2.24, 2.45) is 0 Å². The minimum absolute atomic E-state index is 0.347. The first-order valence-electron chi connectivity index (χ1n) is 4.48. The van der Waals surface area contributed by atoms with Crippen LogP contribution >= 0.6 is 0 Å². The van der Waals surface area contributed by atoms with Crippen molar-refractivity contribution in [3.8, 4) is 0 Å². The second-order valence-corrected chi connectivity index (χ2v) is 2.42. The summed E-state index contributed by atoms with van der Waals surface area (Å²) in [5, 5.41) is 2.92. The Morgan fingerprint density at radius 3 is 2.67 bits per heavy atom. The molecule has 5 nitrogen and oxygen atoms in total. The first kappa shape index (κ1) is 13.4. The first-order valence-corrected chi connectivity index (χ1v) is 4.48. The minimum Gasteiger partial charge on any atom is -0.465 e. The number of hydrogen-bond acceptors (Lipinski definition) is 5.